The third-order valence-electron chi connectivity index (χ3n) is 2.63. The molecule has 11 heavy (non-hydrogen) atoms. The molecule has 0 aromatic heterocycles. The molecule has 0 spiro atoms. The Morgan fingerprint density at radius 3 is 1.73 bits per heavy atom. The molecule has 0 aromatic rings. The number of ether oxygens (including phenoxy) is 1. The van der Waals surface area contributed by atoms with E-state index < -0.39 is 0 Å². The van der Waals surface area contributed by atoms with Crippen LogP contribution in [0, 0.1) is 0 Å². The summed E-state index contributed by atoms with van der Waals surface area (Å²) < 4.78 is 5.80. The van der Waals surface area contributed by atoms with Crippen LogP contribution in [0.1, 0.15) is 38.5 Å². The maximum absolute atomic E-state index is 5.80. The van der Waals surface area contributed by atoms with Crippen LogP contribution in [0.4, 0.5) is 0 Å². The van der Waals surface area contributed by atoms with Crippen molar-refractivity contribution in [3.05, 3.63) is 0 Å². The van der Waals surface area contributed by atoms with E-state index in [1.165, 1.54) is 25.7 Å². The number of rotatable bonds is 2. The standard InChI is InChI=1S/C9H17NO/c10-7-1-3-8(4-2-7)11-9-5-6-9/h7-9H,1-6,10H2. The van der Waals surface area contributed by atoms with Crippen molar-refractivity contribution in [1.29, 1.82) is 0 Å². The van der Waals surface area contributed by atoms with Gasteiger partial charge in [0.2, 0.25) is 0 Å². The van der Waals surface area contributed by atoms with Gasteiger partial charge < -0.3 is 10.5 Å². The van der Waals surface area contributed by atoms with Crippen LogP contribution >= 0.6 is 0 Å². The quantitative estimate of drug-likeness (QED) is 0.654. The second-order valence-corrected chi connectivity index (χ2v) is 3.87. The summed E-state index contributed by atoms with van der Waals surface area (Å²) in [5.74, 6) is 0. The smallest absolute Gasteiger partial charge is 0.0580 e. The SMILES string of the molecule is NC1CCC(OC2CC2)CC1. The van der Waals surface area contributed by atoms with Crippen molar-refractivity contribution in [2.75, 3.05) is 0 Å². The minimum Gasteiger partial charge on any atom is -0.375 e. The molecule has 0 aliphatic heterocycles. The van der Waals surface area contributed by atoms with E-state index in [9.17, 15) is 0 Å². The van der Waals surface area contributed by atoms with E-state index in [2.05, 4.69) is 0 Å². The lowest BCUT2D eigenvalue weighted by Gasteiger charge is -2.26. The second-order valence-electron chi connectivity index (χ2n) is 3.87. The summed E-state index contributed by atoms with van der Waals surface area (Å²) in [6.07, 6.45) is 8.46. The van der Waals surface area contributed by atoms with Crippen molar-refractivity contribution in [3.63, 3.8) is 0 Å². The summed E-state index contributed by atoms with van der Waals surface area (Å²) >= 11 is 0. The van der Waals surface area contributed by atoms with Gasteiger partial charge in [-0.15, -0.1) is 0 Å². The topological polar surface area (TPSA) is 35.2 Å². The van der Waals surface area contributed by atoms with E-state index in [4.69, 9.17) is 10.5 Å². The Kier molecular flexibility index (Phi) is 2.14. The molecule has 2 nitrogen and oxygen atoms in total. The fourth-order valence-corrected chi connectivity index (χ4v) is 1.70. The third kappa shape index (κ3) is 2.17. The fraction of sp³-hybridized carbons (Fsp3) is 1.00. The Bertz CT molecular complexity index is 126. The molecule has 2 N–H and O–H groups in total. The van der Waals surface area contributed by atoms with Gasteiger partial charge in [0.15, 0.2) is 0 Å². The lowest BCUT2D eigenvalue weighted by atomic mass is 9.94. The fourth-order valence-electron chi connectivity index (χ4n) is 1.70. The Morgan fingerprint density at radius 2 is 1.27 bits per heavy atom. The molecule has 64 valence electrons. The van der Waals surface area contributed by atoms with Crippen LogP contribution in [0.3, 0.4) is 0 Å². The molecule has 2 rings (SSSR count). The van der Waals surface area contributed by atoms with Gasteiger partial charge in [-0.25, -0.2) is 0 Å². The zero-order chi connectivity index (χ0) is 7.68. The Hall–Kier alpha value is -0.0800. The molecule has 0 atom stereocenters. The monoisotopic (exact) mass is 155 g/mol. The highest BCUT2D eigenvalue weighted by molar-refractivity contribution is 4.79. The van der Waals surface area contributed by atoms with Crippen molar-refractivity contribution in [2.24, 2.45) is 5.73 Å². The molecule has 0 amide bonds. The van der Waals surface area contributed by atoms with Crippen LogP contribution in [-0.2, 0) is 4.74 Å². The maximum atomic E-state index is 5.80. The van der Waals surface area contributed by atoms with Gasteiger partial charge in [0.05, 0.1) is 12.2 Å². The molecule has 2 fully saturated rings. The number of hydrogen-bond acceptors (Lipinski definition) is 2. The van der Waals surface area contributed by atoms with Crippen LogP contribution in [0.15, 0.2) is 0 Å². The first-order valence-corrected chi connectivity index (χ1v) is 4.75. The lowest BCUT2D eigenvalue weighted by Crippen LogP contribution is -2.30. The lowest BCUT2D eigenvalue weighted by molar-refractivity contribution is 0.0134. The van der Waals surface area contributed by atoms with Crippen LogP contribution in [0.5, 0.6) is 0 Å². The van der Waals surface area contributed by atoms with Crippen molar-refractivity contribution >= 4 is 0 Å². The summed E-state index contributed by atoms with van der Waals surface area (Å²) in [4.78, 5) is 0. The van der Waals surface area contributed by atoms with Gasteiger partial charge in [0.1, 0.15) is 0 Å². The van der Waals surface area contributed by atoms with Crippen LogP contribution in [-0.4, -0.2) is 18.2 Å². The Labute approximate surface area is 68.1 Å². The predicted octanol–water partition coefficient (Wildman–Crippen LogP) is 1.44. The van der Waals surface area contributed by atoms with Crippen LogP contribution in [0.2, 0.25) is 0 Å². The summed E-state index contributed by atoms with van der Waals surface area (Å²) in [6.45, 7) is 0. The van der Waals surface area contributed by atoms with E-state index in [1.807, 2.05) is 0 Å². The van der Waals surface area contributed by atoms with E-state index in [1.54, 1.807) is 0 Å². The Balaban J connectivity index is 1.69. The minimum atomic E-state index is 0.453. The molecule has 0 radical (unpaired) electrons. The van der Waals surface area contributed by atoms with Crippen molar-refractivity contribution in [2.45, 2.75) is 56.8 Å². The van der Waals surface area contributed by atoms with Gasteiger partial charge in [-0.2, -0.15) is 0 Å². The van der Waals surface area contributed by atoms with E-state index >= 15 is 0 Å². The highest BCUT2D eigenvalue weighted by atomic mass is 16.5. The molecule has 0 saturated heterocycles. The molecule has 2 heteroatoms. The summed E-state index contributed by atoms with van der Waals surface area (Å²) in [5, 5.41) is 0. The van der Waals surface area contributed by atoms with Gasteiger partial charge in [-0.1, -0.05) is 0 Å². The molecular formula is C9H17NO. The summed E-state index contributed by atoms with van der Waals surface area (Å²) in [5.41, 5.74) is 5.79. The molecule has 0 unspecified atom stereocenters. The van der Waals surface area contributed by atoms with Gasteiger partial charge >= 0.3 is 0 Å². The number of hydrogen-bond donors (Lipinski definition) is 1. The molecule has 2 aliphatic carbocycles. The second kappa shape index (κ2) is 3.11. The average molecular weight is 155 g/mol. The molecule has 0 bridgehead atoms. The summed E-state index contributed by atoms with van der Waals surface area (Å²) in [6, 6.07) is 0.453. The molecule has 0 aromatic carbocycles. The van der Waals surface area contributed by atoms with Crippen LogP contribution < -0.4 is 5.73 Å². The molecule has 2 aliphatic rings. The zero-order valence-electron chi connectivity index (χ0n) is 6.96. The van der Waals surface area contributed by atoms with Crippen molar-refractivity contribution in [1.82, 2.24) is 0 Å². The first kappa shape index (κ1) is 7.56. The maximum Gasteiger partial charge on any atom is 0.0580 e. The van der Waals surface area contributed by atoms with E-state index in [-0.39, 0.29) is 0 Å². The van der Waals surface area contributed by atoms with Gasteiger partial charge in [0, 0.05) is 6.04 Å². The molecular weight excluding hydrogens is 138 g/mol. The highest BCUT2D eigenvalue weighted by Crippen LogP contribution is 2.29. The number of nitrogens with two attached hydrogens (primary N) is 1. The van der Waals surface area contributed by atoms with Crippen molar-refractivity contribution in [3.8, 4) is 0 Å². The average Bonchev–Trinajstić information content (AvgIpc) is 2.78. The normalized spacial score (nSPS) is 39.0. The molecule has 2 saturated carbocycles. The summed E-state index contributed by atoms with van der Waals surface area (Å²) in [7, 11) is 0. The minimum absolute atomic E-state index is 0.453. The predicted molar refractivity (Wildman–Crippen MR) is 44.3 cm³/mol. The van der Waals surface area contributed by atoms with Gasteiger partial charge in [-0.3, -0.25) is 0 Å². The largest absolute Gasteiger partial charge is 0.375 e. The third-order valence-corrected chi connectivity index (χ3v) is 2.63. The highest BCUT2D eigenvalue weighted by Gasteiger charge is 2.28. The van der Waals surface area contributed by atoms with Gasteiger partial charge in [0.25, 0.3) is 0 Å². The first-order chi connectivity index (χ1) is 5.34. The van der Waals surface area contributed by atoms with Crippen LogP contribution in [0.25, 0.3) is 0 Å². The molecule has 0 heterocycles. The Morgan fingerprint density at radius 1 is 0.818 bits per heavy atom. The van der Waals surface area contributed by atoms with Gasteiger partial charge in [-0.05, 0) is 38.5 Å². The first-order valence-electron chi connectivity index (χ1n) is 4.75. The van der Waals surface area contributed by atoms with Crippen molar-refractivity contribution < 1.29 is 4.74 Å². The van der Waals surface area contributed by atoms with E-state index in [0.717, 1.165) is 12.8 Å². The zero-order valence-corrected chi connectivity index (χ0v) is 6.96. The van der Waals surface area contributed by atoms with E-state index in [0.29, 0.717) is 18.2 Å².